The van der Waals surface area contributed by atoms with E-state index in [1.54, 1.807) is 6.92 Å². The van der Waals surface area contributed by atoms with Crippen LogP contribution < -0.4 is 15.5 Å². The Balaban J connectivity index is 1.53. The number of amides is 2. The van der Waals surface area contributed by atoms with Crippen molar-refractivity contribution in [1.29, 1.82) is 0 Å². The van der Waals surface area contributed by atoms with Gasteiger partial charge >= 0.3 is 6.03 Å². The Morgan fingerprint density at radius 3 is 2.50 bits per heavy atom. The number of hydrogen-bond acceptors (Lipinski definition) is 5. The van der Waals surface area contributed by atoms with Crippen LogP contribution in [0.2, 0.25) is 0 Å². The summed E-state index contributed by atoms with van der Waals surface area (Å²) in [7, 11) is 0. The van der Waals surface area contributed by atoms with Crippen LogP contribution in [0.3, 0.4) is 0 Å². The van der Waals surface area contributed by atoms with Crippen molar-refractivity contribution in [3.8, 4) is 11.3 Å². The van der Waals surface area contributed by atoms with Gasteiger partial charge in [-0.3, -0.25) is 0 Å². The van der Waals surface area contributed by atoms with Gasteiger partial charge in [0.1, 0.15) is 11.4 Å². The molecule has 7 nitrogen and oxygen atoms in total. The third kappa shape index (κ3) is 3.84. The van der Waals surface area contributed by atoms with E-state index in [1.165, 1.54) is 0 Å². The number of carbonyl (C=O) groups is 1. The molecule has 1 aliphatic rings. The summed E-state index contributed by atoms with van der Waals surface area (Å²) < 4.78 is 10.7. The topological polar surface area (TPSA) is 79.6 Å². The van der Waals surface area contributed by atoms with Crippen LogP contribution in [0.5, 0.6) is 0 Å². The molecule has 0 bridgehead atoms. The fourth-order valence-corrected chi connectivity index (χ4v) is 3.24. The number of aryl methyl sites for hydroxylation is 1. The van der Waals surface area contributed by atoms with E-state index in [2.05, 4.69) is 20.7 Å². The molecule has 0 unspecified atom stereocenters. The minimum absolute atomic E-state index is 0.343. The average molecular weight is 378 g/mol. The molecule has 2 heterocycles. The highest BCUT2D eigenvalue weighted by atomic mass is 16.5. The van der Waals surface area contributed by atoms with E-state index in [4.69, 9.17) is 9.26 Å². The Bertz CT molecular complexity index is 949. The van der Waals surface area contributed by atoms with E-state index in [9.17, 15) is 4.79 Å². The van der Waals surface area contributed by atoms with Crippen molar-refractivity contribution in [1.82, 2.24) is 5.16 Å². The zero-order valence-electron chi connectivity index (χ0n) is 15.6. The molecule has 144 valence electrons. The highest BCUT2D eigenvalue weighted by Crippen LogP contribution is 2.31. The second kappa shape index (κ2) is 8.14. The number of urea groups is 1. The SMILES string of the molecule is Cc1onc(-c2ccccc2)c1NC(=O)Nc1ccccc1N1CCOCC1. The standard InChI is InChI=1S/C21H22N4O3/c1-15-19(20(24-28-15)16-7-3-2-4-8-16)23-21(26)22-17-9-5-6-10-18(17)25-11-13-27-14-12-25/h2-10H,11-14H2,1H3,(H2,22,23,26). The molecule has 7 heteroatoms. The minimum Gasteiger partial charge on any atom is -0.378 e. The summed E-state index contributed by atoms with van der Waals surface area (Å²) in [5.41, 5.74) is 3.77. The molecule has 2 amide bonds. The van der Waals surface area contributed by atoms with Crippen LogP contribution in [0.25, 0.3) is 11.3 Å². The first-order chi connectivity index (χ1) is 13.7. The third-order valence-corrected chi connectivity index (χ3v) is 4.65. The first kappa shape index (κ1) is 18.1. The number of benzene rings is 2. The summed E-state index contributed by atoms with van der Waals surface area (Å²) in [6.07, 6.45) is 0. The van der Waals surface area contributed by atoms with Gasteiger partial charge in [-0.05, 0) is 19.1 Å². The van der Waals surface area contributed by atoms with Crippen LogP contribution in [-0.4, -0.2) is 37.5 Å². The van der Waals surface area contributed by atoms with Crippen LogP contribution in [0.4, 0.5) is 21.9 Å². The normalized spacial score (nSPS) is 14.0. The summed E-state index contributed by atoms with van der Waals surface area (Å²) >= 11 is 0. The van der Waals surface area contributed by atoms with Gasteiger partial charge in [0.25, 0.3) is 0 Å². The number of nitrogens with zero attached hydrogens (tertiary/aromatic N) is 2. The Labute approximate surface area is 163 Å². The lowest BCUT2D eigenvalue weighted by molar-refractivity contribution is 0.123. The molecule has 1 aliphatic heterocycles. The molecule has 4 rings (SSSR count). The maximum Gasteiger partial charge on any atom is 0.323 e. The largest absolute Gasteiger partial charge is 0.378 e. The molecule has 1 saturated heterocycles. The van der Waals surface area contributed by atoms with Crippen LogP contribution in [0, 0.1) is 6.92 Å². The number of para-hydroxylation sites is 2. The minimum atomic E-state index is -0.343. The lowest BCUT2D eigenvalue weighted by atomic mass is 10.1. The van der Waals surface area contributed by atoms with Crippen molar-refractivity contribution in [2.75, 3.05) is 41.8 Å². The van der Waals surface area contributed by atoms with Crippen LogP contribution >= 0.6 is 0 Å². The summed E-state index contributed by atoms with van der Waals surface area (Å²) in [6, 6.07) is 17.0. The number of morpholine rings is 1. The van der Waals surface area contributed by atoms with Crippen LogP contribution in [0.1, 0.15) is 5.76 Å². The zero-order valence-corrected chi connectivity index (χ0v) is 15.6. The van der Waals surface area contributed by atoms with Crippen molar-refractivity contribution in [2.45, 2.75) is 6.92 Å². The third-order valence-electron chi connectivity index (χ3n) is 4.65. The molecular weight excluding hydrogens is 356 g/mol. The molecule has 0 aliphatic carbocycles. The van der Waals surface area contributed by atoms with Crippen molar-refractivity contribution < 1.29 is 14.1 Å². The number of ether oxygens (including phenoxy) is 1. The molecule has 28 heavy (non-hydrogen) atoms. The van der Waals surface area contributed by atoms with Crippen LogP contribution in [0.15, 0.2) is 59.1 Å². The maximum absolute atomic E-state index is 12.7. The summed E-state index contributed by atoms with van der Waals surface area (Å²) in [5, 5.41) is 9.93. The van der Waals surface area contributed by atoms with E-state index in [-0.39, 0.29) is 6.03 Å². The number of nitrogens with one attached hydrogen (secondary N) is 2. The van der Waals surface area contributed by atoms with Gasteiger partial charge in [-0.25, -0.2) is 4.79 Å². The number of anilines is 3. The fraction of sp³-hybridized carbons (Fsp3) is 0.238. The van der Waals surface area contributed by atoms with Gasteiger partial charge in [0.15, 0.2) is 5.76 Å². The van der Waals surface area contributed by atoms with Crippen molar-refractivity contribution >= 4 is 23.1 Å². The van der Waals surface area contributed by atoms with E-state index in [0.29, 0.717) is 30.4 Å². The van der Waals surface area contributed by atoms with Crippen LogP contribution in [-0.2, 0) is 4.74 Å². The highest BCUT2D eigenvalue weighted by molar-refractivity contribution is 6.04. The second-order valence-corrected chi connectivity index (χ2v) is 6.52. The summed E-state index contributed by atoms with van der Waals surface area (Å²) in [4.78, 5) is 14.9. The highest BCUT2D eigenvalue weighted by Gasteiger charge is 2.19. The van der Waals surface area contributed by atoms with E-state index >= 15 is 0 Å². The van der Waals surface area contributed by atoms with Crippen molar-refractivity contribution in [2.24, 2.45) is 0 Å². The molecule has 2 N–H and O–H groups in total. The second-order valence-electron chi connectivity index (χ2n) is 6.52. The molecule has 1 fully saturated rings. The molecule has 0 spiro atoms. The number of aromatic nitrogens is 1. The molecule has 1 aromatic heterocycles. The van der Waals surface area contributed by atoms with Gasteiger partial charge in [-0.2, -0.15) is 0 Å². The molecule has 3 aromatic rings. The lowest BCUT2D eigenvalue weighted by Gasteiger charge is -2.30. The molecule has 0 atom stereocenters. The summed E-state index contributed by atoms with van der Waals surface area (Å²) in [5.74, 6) is 0.551. The zero-order chi connectivity index (χ0) is 19.3. The van der Waals surface area contributed by atoms with Crippen molar-refractivity contribution in [3.63, 3.8) is 0 Å². The molecular formula is C21H22N4O3. The average Bonchev–Trinajstić information content (AvgIpc) is 3.10. The van der Waals surface area contributed by atoms with E-state index < -0.39 is 0 Å². The quantitative estimate of drug-likeness (QED) is 0.714. The molecule has 0 saturated carbocycles. The van der Waals surface area contributed by atoms with Gasteiger partial charge in [-0.1, -0.05) is 47.6 Å². The lowest BCUT2D eigenvalue weighted by Crippen LogP contribution is -2.37. The molecule has 2 aromatic carbocycles. The summed E-state index contributed by atoms with van der Waals surface area (Å²) in [6.45, 7) is 4.73. The van der Waals surface area contributed by atoms with E-state index in [0.717, 1.165) is 30.0 Å². The van der Waals surface area contributed by atoms with Gasteiger partial charge in [0.2, 0.25) is 0 Å². The Kier molecular flexibility index (Phi) is 5.25. The van der Waals surface area contributed by atoms with Crippen molar-refractivity contribution in [3.05, 3.63) is 60.4 Å². The van der Waals surface area contributed by atoms with Gasteiger partial charge < -0.3 is 24.8 Å². The number of hydrogen-bond donors (Lipinski definition) is 2. The monoisotopic (exact) mass is 378 g/mol. The Morgan fingerprint density at radius 2 is 1.71 bits per heavy atom. The number of rotatable bonds is 4. The first-order valence-corrected chi connectivity index (χ1v) is 9.24. The smallest absolute Gasteiger partial charge is 0.323 e. The van der Waals surface area contributed by atoms with Gasteiger partial charge in [0.05, 0.1) is 24.6 Å². The van der Waals surface area contributed by atoms with E-state index in [1.807, 2.05) is 54.6 Å². The fourth-order valence-electron chi connectivity index (χ4n) is 3.24. The Hall–Kier alpha value is -3.32. The first-order valence-electron chi connectivity index (χ1n) is 9.24. The van der Waals surface area contributed by atoms with Gasteiger partial charge in [-0.15, -0.1) is 0 Å². The maximum atomic E-state index is 12.7. The predicted molar refractivity (Wildman–Crippen MR) is 109 cm³/mol. The predicted octanol–water partition coefficient (Wildman–Crippen LogP) is 4.13. The number of carbonyl (C=O) groups excluding carboxylic acids is 1. The molecule has 0 radical (unpaired) electrons. The Morgan fingerprint density at radius 1 is 1.00 bits per heavy atom. The van der Waals surface area contributed by atoms with Gasteiger partial charge in [0, 0.05) is 18.7 Å².